The molecule has 0 aromatic carbocycles. The van der Waals surface area contributed by atoms with Gasteiger partial charge < -0.3 is 15.6 Å². The summed E-state index contributed by atoms with van der Waals surface area (Å²) in [6.07, 6.45) is 6.06. The van der Waals surface area contributed by atoms with Crippen molar-refractivity contribution in [1.29, 1.82) is 0 Å². The van der Waals surface area contributed by atoms with Crippen molar-refractivity contribution in [3.8, 4) is 0 Å². The molecule has 5 nitrogen and oxygen atoms in total. The van der Waals surface area contributed by atoms with Crippen LogP contribution in [-0.2, 0) is 0 Å². The highest BCUT2D eigenvalue weighted by molar-refractivity contribution is 5.91. The lowest BCUT2D eigenvalue weighted by Gasteiger charge is -2.29. The number of aryl methyl sites for hydroxylation is 1. The number of aromatic nitrogens is 1. The predicted octanol–water partition coefficient (Wildman–Crippen LogP) is 1.62. The number of hydrogen-bond acceptors (Lipinski definition) is 4. The Bertz CT molecular complexity index is 397. The van der Waals surface area contributed by atoms with Crippen LogP contribution in [0, 0.1) is 12.8 Å². The molecule has 1 aromatic rings. The molecule has 1 fully saturated rings. The van der Waals surface area contributed by atoms with Gasteiger partial charge in [-0.2, -0.15) is 0 Å². The first kappa shape index (κ1) is 13.1. The normalized spacial score (nSPS) is 18.6. The van der Waals surface area contributed by atoms with E-state index in [0.717, 1.165) is 12.8 Å². The van der Waals surface area contributed by atoms with Gasteiger partial charge in [0.05, 0.1) is 5.69 Å². The molecule has 1 atom stereocenters. The van der Waals surface area contributed by atoms with E-state index in [9.17, 15) is 4.79 Å². The number of carbonyl (C=O) groups excluding carboxylic acids is 1. The molecular formula is C13H21N3O2. The van der Waals surface area contributed by atoms with Crippen LogP contribution in [-0.4, -0.2) is 23.7 Å². The molecule has 18 heavy (non-hydrogen) atoms. The van der Waals surface area contributed by atoms with E-state index in [1.54, 1.807) is 13.0 Å². The summed E-state index contributed by atoms with van der Waals surface area (Å²) in [6, 6.07) is 1.69. The lowest BCUT2D eigenvalue weighted by atomic mass is 9.84. The Hall–Kier alpha value is -1.36. The van der Waals surface area contributed by atoms with Crippen molar-refractivity contribution in [2.24, 2.45) is 11.7 Å². The summed E-state index contributed by atoms with van der Waals surface area (Å²) in [6.45, 7) is 2.27. The van der Waals surface area contributed by atoms with Crippen molar-refractivity contribution in [3.63, 3.8) is 0 Å². The number of amides is 1. The Morgan fingerprint density at radius 3 is 2.83 bits per heavy atom. The molecule has 0 saturated heterocycles. The number of rotatable bonds is 4. The van der Waals surface area contributed by atoms with Crippen LogP contribution < -0.4 is 11.1 Å². The van der Waals surface area contributed by atoms with E-state index in [-0.39, 0.29) is 17.7 Å². The summed E-state index contributed by atoms with van der Waals surface area (Å²) < 4.78 is 4.96. The average molecular weight is 251 g/mol. The summed E-state index contributed by atoms with van der Waals surface area (Å²) in [5, 5.41) is 6.68. The second-order valence-corrected chi connectivity index (χ2v) is 5.05. The zero-order valence-corrected chi connectivity index (χ0v) is 10.8. The Labute approximate surface area is 107 Å². The van der Waals surface area contributed by atoms with E-state index in [0.29, 0.717) is 18.2 Å². The first-order valence-corrected chi connectivity index (χ1v) is 6.65. The molecule has 0 aliphatic heterocycles. The Kier molecular flexibility index (Phi) is 4.36. The van der Waals surface area contributed by atoms with Gasteiger partial charge in [-0.1, -0.05) is 24.4 Å². The molecule has 3 N–H and O–H groups in total. The monoisotopic (exact) mass is 251 g/mol. The van der Waals surface area contributed by atoms with Crippen molar-refractivity contribution >= 4 is 5.91 Å². The van der Waals surface area contributed by atoms with E-state index in [4.69, 9.17) is 10.3 Å². The molecule has 1 amide bonds. The lowest BCUT2D eigenvalue weighted by molar-refractivity contribution is 0.0878. The first-order valence-electron chi connectivity index (χ1n) is 6.65. The van der Waals surface area contributed by atoms with E-state index in [2.05, 4.69) is 10.5 Å². The maximum atomic E-state index is 12.0. The molecule has 0 radical (unpaired) electrons. The Morgan fingerprint density at radius 1 is 1.56 bits per heavy atom. The topological polar surface area (TPSA) is 81.2 Å². The zero-order chi connectivity index (χ0) is 13.0. The molecule has 1 aromatic heterocycles. The molecule has 100 valence electrons. The smallest absolute Gasteiger partial charge is 0.290 e. The van der Waals surface area contributed by atoms with E-state index < -0.39 is 0 Å². The van der Waals surface area contributed by atoms with Crippen LogP contribution >= 0.6 is 0 Å². The molecular weight excluding hydrogens is 230 g/mol. The maximum absolute atomic E-state index is 12.0. The summed E-state index contributed by atoms with van der Waals surface area (Å²) in [5.74, 6) is 0.551. The highest BCUT2D eigenvalue weighted by atomic mass is 16.5. The number of nitrogens with two attached hydrogens (primary N) is 1. The van der Waals surface area contributed by atoms with Gasteiger partial charge in [-0.15, -0.1) is 0 Å². The fraction of sp³-hybridized carbons (Fsp3) is 0.692. The maximum Gasteiger partial charge on any atom is 0.290 e. The summed E-state index contributed by atoms with van der Waals surface area (Å²) >= 11 is 0. The fourth-order valence-electron chi connectivity index (χ4n) is 2.62. The first-order chi connectivity index (χ1) is 8.70. The highest BCUT2D eigenvalue weighted by Crippen LogP contribution is 2.26. The van der Waals surface area contributed by atoms with Crippen LogP contribution in [0.4, 0.5) is 0 Å². The molecule has 0 bridgehead atoms. The van der Waals surface area contributed by atoms with Crippen LogP contribution in [0.25, 0.3) is 0 Å². The second-order valence-electron chi connectivity index (χ2n) is 5.05. The van der Waals surface area contributed by atoms with Gasteiger partial charge >= 0.3 is 0 Å². The van der Waals surface area contributed by atoms with Gasteiger partial charge in [-0.3, -0.25) is 4.79 Å². The van der Waals surface area contributed by atoms with Crippen LogP contribution in [0.3, 0.4) is 0 Å². The van der Waals surface area contributed by atoms with Gasteiger partial charge in [-0.25, -0.2) is 0 Å². The van der Waals surface area contributed by atoms with Gasteiger partial charge in [0.1, 0.15) is 0 Å². The van der Waals surface area contributed by atoms with Crippen LogP contribution in [0.5, 0.6) is 0 Å². The van der Waals surface area contributed by atoms with Crippen molar-refractivity contribution in [3.05, 3.63) is 17.5 Å². The van der Waals surface area contributed by atoms with Crippen LogP contribution in [0.2, 0.25) is 0 Å². The number of hydrogen-bond donors (Lipinski definition) is 2. The second kappa shape index (κ2) is 6.00. The number of carbonyl (C=O) groups is 1. The summed E-state index contributed by atoms with van der Waals surface area (Å²) in [7, 11) is 0. The Balaban J connectivity index is 1.95. The average Bonchev–Trinajstić information content (AvgIpc) is 2.83. The molecule has 1 aliphatic carbocycles. The molecule has 0 spiro atoms. The van der Waals surface area contributed by atoms with E-state index >= 15 is 0 Å². The molecule has 2 rings (SSSR count). The van der Waals surface area contributed by atoms with Crippen molar-refractivity contribution in [2.75, 3.05) is 6.54 Å². The van der Waals surface area contributed by atoms with Gasteiger partial charge in [0.25, 0.3) is 5.91 Å². The molecule has 1 heterocycles. The van der Waals surface area contributed by atoms with Crippen molar-refractivity contribution in [2.45, 2.75) is 45.1 Å². The fourth-order valence-corrected chi connectivity index (χ4v) is 2.62. The van der Waals surface area contributed by atoms with Crippen molar-refractivity contribution < 1.29 is 9.32 Å². The van der Waals surface area contributed by atoms with Gasteiger partial charge in [0, 0.05) is 18.7 Å². The lowest BCUT2D eigenvalue weighted by Crippen LogP contribution is -2.45. The molecule has 5 heteroatoms. The van der Waals surface area contributed by atoms with Gasteiger partial charge in [-0.05, 0) is 25.7 Å². The van der Waals surface area contributed by atoms with Crippen molar-refractivity contribution in [1.82, 2.24) is 10.5 Å². The Morgan fingerprint density at radius 2 is 2.28 bits per heavy atom. The molecule has 1 saturated carbocycles. The minimum atomic E-state index is -0.211. The summed E-state index contributed by atoms with van der Waals surface area (Å²) in [5.41, 5.74) is 6.48. The van der Waals surface area contributed by atoms with Gasteiger partial charge in [0.2, 0.25) is 5.76 Å². The third-order valence-electron chi connectivity index (χ3n) is 3.64. The minimum absolute atomic E-state index is 0.0446. The van der Waals surface area contributed by atoms with E-state index in [1.807, 2.05) is 0 Å². The standard InChI is InChI=1S/C13H21N3O2/c1-9-7-12(18-16-9)13(17)15-11(8-14)10-5-3-2-4-6-10/h7,10-11H,2-6,8,14H2,1H3,(H,15,17). The SMILES string of the molecule is Cc1cc(C(=O)NC(CN)C2CCCCC2)on1. The summed E-state index contributed by atoms with van der Waals surface area (Å²) in [4.78, 5) is 12.0. The molecule has 1 unspecified atom stereocenters. The largest absolute Gasteiger partial charge is 0.351 e. The van der Waals surface area contributed by atoms with E-state index in [1.165, 1.54) is 19.3 Å². The highest BCUT2D eigenvalue weighted by Gasteiger charge is 2.25. The predicted molar refractivity (Wildman–Crippen MR) is 68.1 cm³/mol. The number of nitrogens with zero attached hydrogens (tertiary/aromatic N) is 1. The van der Waals surface area contributed by atoms with Crippen LogP contribution in [0.15, 0.2) is 10.6 Å². The quantitative estimate of drug-likeness (QED) is 0.852. The molecule has 1 aliphatic rings. The zero-order valence-electron chi connectivity index (χ0n) is 10.8. The third-order valence-corrected chi connectivity index (χ3v) is 3.64. The third kappa shape index (κ3) is 3.10. The minimum Gasteiger partial charge on any atom is -0.351 e. The van der Waals surface area contributed by atoms with Crippen LogP contribution in [0.1, 0.15) is 48.4 Å². The van der Waals surface area contributed by atoms with Gasteiger partial charge in [0.15, 0.2) is 0 Å². The number of nitrogens with one attached hydrogen (secondary N) is 1.